The number of carbonyl (C=O) groups excluding carboxylic acids is 3. The van der Waals surface area contributed by atoms with Crippen LogP contribution in [0.25, 0.3) is 10.4 Å². The highest BCUT2D eigenvalue weighted by atomic mass is 127. The number of terminal acetylenes is 1. The van der Waals surface area contributed by atoms with Crippen molar-refractivity contribution >= 4 is 64.8 Å². The van der Waals surface area contributed by atoms with E-state index < -0.39 is 11.7 Å². The van der Waals surface area contributed by atoms with Gasteiger partial charge in [-0.3, -0.25) is 14.3 Å². The molecule has 0 unspecified atom stereocenters. The van der Waals surface area contributed by atoms with Gasteiger partial charge in [-0.25, -0.2) is 19.3 Å². The number of nitrogens with zero attached hydrogens (tertiary/aromatic N) is 9. The number of nitrogens with two attached hydrogens (primary N) is 2. The van der Waals surface area contributed by atoms with E-state index in [9.17, 15) is 14.4 Å². The number of benzene rings is 2. The number of hydrogen-bond donors (Lipinski definition) is 5. The lowest BCUT2D eigenvalue weighted by Crippen LogP contribution is -2.28. The molecule has 0 aliphatic rings. The van der Waals surface area contributed by atoms with E-state index in [4.69, 9.17) is 28.2 Å². The van der Waals surface area contributed by atoms with Gasteiger partial charge in [0.15, 0.2) is 5.95 Å². The Morgan fingerprint density at radius 2 is 1.56 bits per heavy atom. The molecular formula is C44H60ClIN14O4. The van der Waals surface area contributed by atoms with Crippen molar-refractivity contribution in [3.63, 3.8) is 0 Å². The zero-order valence-corrected chi connectivity index (χ0v) is 39.9. The maximum atomic E-state index is 12.2. The van der Waals surface area contributed by atoms with Crippen molar-refractivity contribution in [3.8, 4) is 12.3 Å². The fourth-order valence-electron chi connectivity index (χ4n) is 5.81. The number of nitrogen functional groups attached to an aromatic ring is 2. The quantitative estimate of drug-likeness (QED) is 0.0133. The van der Waals surface area contributed by atoms with Crippen LogP contribution in [0.5, 0.6) is 0 Å². The number of amides is 2. The average Bonchev–Trinajstić information content (AvgIpc) is 3.99. The summed E-state index contributed by atoms with van der Waals surface area (Å²) in [7, 11) is 0. The number of ether oxygens (including phenoxy) is 1. The highest BCUT2D eigenvalue weighted by molar-refractivity contribution is 14.1. The number of nitrogens with one attached hydrogen (secondary N) is 3. The molecule has 0 atom stereocenters. The Balaban J connectivity index is 0.000000345. The van der Waals surface area contributed by atoms with Crippen LogP contribution in [0.1, 0.15) is 109 Å². The van der Waals surface area contributed by atoms with Gasteiger partial charge in [0.05, 0.1) is 29.7 Å². The summed E-state index contributed by atoms with van der Waals surface area (Å²) in [5.74, 6) is 3.05. The van der Waals surface area contributed by atoms with Crippen LogP contribution in [0.4, 0.5) is 16.7 Å². The van der Waals surface area contributed by atoms with Gasteiger partial charge in [-0.05, 0) is 125 Å². The van der Waals surface area contributed by atoms with Crippen molar-refractivity contribution in [2.45, 2.75) is 104 Å². The lowest BCUT2D eigenvalue weighted by Gasteiger charge is -2.19. The molecule has 0 fully saturated rings. The smallest absolute Gasteiger partial charge is 0.421 e. The predicted octanol–water partition coefficient (Wildman–Crippen LogP) is 8.02. The van der Waals surface area contributed by atoms with E-state index in [1.54, 1.807) is 23.1 Å². The Hall–Kier alpha value is -6.10. The van der Waals surface area contributed by atoms with Crippen molar-refractivity contribution in [1.29, 1.82) is 0 Å². The molecule has 3 heterocycles. The molecular weight excluding hydrogens is 951 g/mol. The molecule has 0 saturated heterocycles. The number of rotatable bonds is 19. The summed E-state index contributed by atoms with van der Waals surface area (Å²) in [5, 5.41) is 17.3. The molecule has 0 spiro atoms. The minimum Gasteiger partial charge on any atom is -0.443 e. The number of aryl methyl sites for hydroxylation is 4. The Morgan fingerprint density at radius 1 is 0.922 bits per heavy atom. The Bertz CT molecular complexity index is 2290. The number of anilines is 2. The number of unbranched alkanes of at least 4 members (excludes halogenated alkanes) is 5. The molecule has 0 radical (unpaired) electrons. The van der Waals surface area contributed by atoms with Gasteiger partial charge in [0.25, 0.3) is 11.8 Å². The minimum absolute atomic E-state index is 0. The molecule has 3 aromatic heterocycles. The Kier molecular flexibility index (Phi) is 24.7. The zero-order chi connectivity index (χ0) is 46.0. The molecule has 7 N–H and O–H groups in total. The predicted molar refractivity (Wildman–Crippen MR) is 260 cm³/mol. The number of imidazole rings is 2. The Labute approximate surface area is 394 Å². The third-order valence-electron chi connectivity index (χ3n) is 8.94. The lowest BCUT2D eigenvalue weighted by molar-refractivity contribution is 0.0540. The van der Waals surface area contributed by atoms with E-state index in [1.165, 1.54) is 4.57 Å². The van der Waals surface area contributed by atoms with Gasteiger partial charge >= 0.3 is 6.09 Å². The van der Waals surface area contributed by atoms with Crippen LogP contribution in [0, 0.1) is 22.8 Å². The van der Waals surface area contributed by atoms with Crippen molar-refractivity contribution in [2.24, 2.45) is 5.11 Å². The standard InChI is InChI=1S/C19H24IN7O.C15H23N3O2.C10H12N4O.ClH/c20-17-9-5-4-8-16(17)18(28)22-10-11-27-13-15(25-26-27)7-3-1-2-6-14-12-23-19(21)24-14;1-5-6-7-8-9-10-12-11-18(13(16)17-12)14(19)20-15(2,3)4;1-8-4-2-3-5-9(8)10(15)12-6-7-13-14-11;/h4-5,8-9,12-13H,1-3,6-7,10-11H2,(H,22,28)(H3,21,23,24);1,11H,6-10H2,2-4H3,(H2,16,17);2-5H,6-7H2,1H3,(H,12,15);1H. The normalized spacial score (nSPS) is 10.4. The van der Waals surface area contributed by atoms with Gasteiger partial charge in [0, 0.05) is 58.2 Å². The molecule has 18 nitrogen and oxygen atoms in total. The topological polar surface area (TPSA) is 263 Å². The molecule has 2 aromatic carbocycles. The number of H-pyrrole nitrogens is 1. The first kappa shape index (κ1) is 54.0. The van der Waals surface area contributed by atoms with Crippen LogP contribution in [0.3, 0.4) is 0 Å². The summed E-state index contributed by atoms with van der Waals surface area (Å²) < 4.78 is 9.23. The zero-order valence-electron chi connectivity index (χ0n) is 36.9. The molecule has 2 amide bonds. The fourth-order valence-corrected chi connectivity index (χ4v) is 6.44. The highest BCUT2D eigenvalue weighted by Gasteiger charge is 2.20. The summed E-state index contributed by atoms with van der Waals surface area (Å²) in [4.78, 5) is 49.5. The van der Waals surface area contributed by atoms with Gasteiger partial charge in [-0.2, -0.15) is 0 Å². The van der Waals surface area contributed by atoms with Crippen molar-refractivity contribution < 1.29 is 19.1 Å². The number of aromatic nitrogens is 7. The van der Waals surface area contributed by atoms with Crippen LogP contribution in [0.2, 0.25) is 0 Å². The second kappa shape index (κ2) is 29.3. The summed E-state index contributed by atoms with van der Waals surface area (Å²) in [6.07, 6.45) is 19.8. The van der Waals surface area contributed by atoms with Crippen molar-refractivity contribution in [3.05, 3.63) is 115 Å². The second-order valence-corrected chi connectivity index (χ2v) is 16.5. The first-order valence-electron chi connectivity index (χ1n) is 20.8. The SMILES string of the molecule is C#CCCCCCc1cn(C(=O)OC(C)(C)C)c(N)n1.Cc1ccccc1C(=O)NCCN=[N+]=[N-].Cl.Nc1ncc(CCCCCc2cn(CCNC(=O)c3ccccc3I)nn2)[nH]1. The monoisotopic (exact) mass is 1010 g/mol. The number of azide groups is 1. The molecule has 64 heavy (non-hydrogen) atoms. The maximum absolute atomic E-state index is 12.2. The number of halogens is 2. The van der Waals surface area contributed by atoms with Crippen molar-refractivity contribution in [1.82, 2.24) is 45.1 Å². The second-order valence-electron chi connectivity index (χ2n) is 15.3. The molecule has 0 bridgehead atoms. The first-order valence-corrected chi connectivity index (χ1v) is 21.8. The fraction of sp³-hybridized carbons (Fsp3) is 0.432. The third-order valence-corrected chi connectivity index (χ3v) is 9.88. The summed E-state index contributed by atoms with van der Waals surface area (Å²) in [5.41, 5.74) is 23.9. The molecule has 5 aromatic rings. The van der Waals surface area contributed by atoms with Gasteiger partial charge in [-0.15, -0.1) is 29.8 Å². The van der Waals surface area contributed by atoms with Gasteiger partial charge in [0.2, 0.25) is 5.95 Å². The summed E-state index contributed by atoms with van der Waals surface area (Å²) >= 11 is 2.17. The minimum atomic E-state index is -0.552. The van der Waals surface area contributed by atoms with Crippen LogP contribution >= 0.6 is 35.0 Å². The van der Waals surface area contributed by atoms with E-state index in [0.29, 0.717) is 36.7 Å². The third kappa shape index (κ3) is 20.8. The molecule has 20 heteroatoms. The highest BCUT2D eigenvalue weighted by Crippen LogP contribution is 2.15. The molecule has 0 saturated carbocycles. The van der Waals surface area contributed by atoms with E-state index in [0.717, 1.165) is 90.4 Å². The van der Waals surface area contributed by atoms with Crippen LogP contribution < -0.4 is 22.1 Å². The van der Waals surface area contributed by atoms with Gasteiger partial charge in [-0.1, -0.05) is 53.5 Å². The largest absolute Gasteiger partial charge is 0.443 e. The molecule has 0 aliphatic carbocycles. The average molecular weight is 1010 g/mol. The molecule has 344 valence electrons. The Morgan fingerprint density at radius 3 is 2.22 bits per heavy atom. The van der Waals surface area contributed by atoms with E-state index >= 15 is 0 Å². The number of hydrogen-bond acceptors (Lipinski definition) is 11. The molecule has 5 rings (SSSR count). The van der Waals surface area contributed by atoms with E-state index in [2.05, 4.69) is 74.4 Å². The van der Waals surface area contributed by atoms with Crippen LogP contribution in [0.15, 0.2) is 72.2 Å². The van der Waals surface area contributed by atoms with Gasteiger partial charge < -0.3 is 31.8 Å². The van der Waals surface area contributed by atoms with E-state index in [1.807, 2.05) is 76.4 Å². The number of aromatic amines is 1. The van der Waals surface area contributed by atoms with Crippen molar-refractivity contribution in [2.75, 3.05) is 31.1 Å². The number of carbonyl (C=O) groups is 3. The van der Waals surface area contributed by atoms with Crippen LogP contribution in [-0.4, -0.2) is 77.7 Å². The summed E-state index contributed by atoms with van der Waals surface area (Å²) in [6, 6.07) is 14.9. The summed E-state index contributed by atoms with van der Waals surface area (Å²) in [6.45, 7) is 9.05. The maximum Gasteiger partial charge on any atom is 0.421 e. The van der Waals surface area contributed by atoms with Gasteiger partial charge in [0.1, 0.15) is 5.60 Å². The molecule has 0 aliphatic heterocycles. The lowest BCUT2D eigenvalue weighted by atomic mass is 10.1. The first-order chi connectivity index (χ1) is 30.2. The van der Waals surface area contributed by atoms with Crippen LogP contribution in [-0.2, 0) is 30.5 Å². The van der Waals surface area contributed by atoms with E-state index in [-0.39, 0.29) is 36.7 Å².